The summed E-state index contributed by atoms with van der Waals surface area (Å²) in [6.45, 7) is 0. The van der Waals surface area contributed by atoms with Gasteiger partial charge in [-0.05, 0) is 0 Å². The number of nitrogens with zero attached hydrogens (tertiary/aromatic N) is 2. The van der Waals surface area contributed by atoms with Crippen molar-refractivity contribution in [3.63, 3.8) is 0 Å². The highest BCUT2D eigenvalue weighted by molar-refractivity contribution is 5.93. The molecule has 1 aromatic heterocycles. The number of aromatic amines is 1. The van der Waals surface area contributed by atoms with Crippen molar-refractivity contribution in [3.8, 4) is 0 Å². The van der Waals surface area contributed by atoms with Crippen LogP contribution in [0.1, 0.15) is 21.7 Å². The Balaban J connectivity index is 3.61. The van der Waals surface area contributed by atoms with Crippen molar-refractivity contribution in [1.82, 2.24) is 15.1 Å². The second-order valence-electron chi connectivity index (χ2n) is 4.09. The lowest BCUT2D eigenvalue weighted by Gasteiger charge is -2.20. The summed E-state index contributed by atoms with van der Waals surface area (Å²) in [6.07, 6.45) is -11.9. The molecule has 1 heterocycles. The summed E-state index contributed by atoms with van der Waals surface area (Å²) in [4.78, 5) is 12.0. The number of amides is 1. The van der Waals surface area contributed by atoms with Gasteiger partial charge in [-0.3, -0.25) is 9.89 Å². The molecule has 21 heavy (non-hydrogen) atoms. The number of hydrogen-bond acceptors (Lipinski definition) is 2. The fourth-order valence-electron chi connectivity index (χ4n) is 1.35. The molecule has 0 bridgehead atoms. The third kappa shape index (κ3) is 2.93. The maximum atomic E-state index is 13.1. The number of aromatic nitrogens is 2. The highest BCUT2D eigenvalue weighted by atomic mass is 19.4. The topological polar surface area (TPSA) is 49.0 Å². The number of H-pyrrole nitrogens is 1. The van der Waals surface area contributed by atoms with E-state index in [1.54, 1.807) is 0 Å². The SMILES string of the molecule is CN(C)C(=O)c1n[nH]c(C(F)(F)C(F)(F)F)c1C(F)(F)F. The first-order chi connectivity index (χ1) is 9.21. The second kappa shape index (κ2) is 4.84. The van der Waals surface area contributed by atoms with E-state index in [9.17, 15) is 39.9 Å². The van der Waals surface area contributed by atoms with Gasteiger partial charge in [0.1, 0.15) is 11.3 Å². The number of alkyl halides is 8. The molecule has 0 unspecified atom stereocenters. The molecule has 1 rings (SSSR count). The molecular formula is C9H7F8N3O. The summed E-state index contributed by atoms with van der Waals surface area (Å²) >= 11 is 0. The van der Waals surface area contributed by atoms with Crippen LogP contribution in [0.15, 0.2) is 0 Å². The molecule has 0 saturated carbocycles. The van der Waals surface area contributed by atoms with Crippen molar-refractivity contribution in [2.75, 3.05) is 14.1 Å². The normalized spacial score (nSPS) is 13.4. The fourth-order valence-corrected chi connectivity index (χ4v) is 1.35. The van der Waals surface area contributed by atoms with E-state index in [1.165, 1.54) is 0 Å². The predicted molar refractivity (Wildman–Crippen MR) is 51.6 cm³/mol. The molecule has 1 aromatic rings. The summed E-state index contributed by atoms with van der Waals surface area (Å²) in [5, 5.41) is 3.64. The molecule has 0 saturated heterocycles. The van der Waals surface area contributed by atoms with Crippen LogP contribution in [0.4, 0.5) is 35.1 Å². The summed E-state index contributed by atoms with van der Waals surface area (Å²) in [6, 6.07) is 0. The Bertz CT molecular complexity index is 542. The number of carbonyl (C=O) groups excluding carboxylic acids is 1. The number of nitrogens with one attached hydrogen (secondary N) is 1. The van der Waals surface area contributed by atoms with Gasteiger partial charge < -0.3 is 4.90 Å². The van der Waals surface area contributed by atoms with Gasteiger partial charge in [0.15, 0.2) is 5.69 Å². The number of halogens is 8. The molecule has 0 fully saturated rings. The van der Waals surface area contributed by atoms with E-state index < -0.39 is 41.1 Å². The number of hydrogen-bond donors (Lipinski definition) is 1. The lowest BCUT2D eigenvalue weighted by molar-refractivity contribution is -0.292. The van der Waals surface area contributed by atoms with Crippen molar-refractivity contribution >= 4 is 5.91 Å². The molecule has 0 aliphatic rings. The van der Waals surface area contributed by atoms with Crippen molar-refractivity contribution in [2.45, 2.75) is 18.3 Å². The smallest absolute Gasteiger partial charge is 0.343 e. The number of carbonyl (C=O) groups is 1. The fraction of sp³-hybridized carbons (Fsp3) is 0.556. The Kier molecular flexibility index (Phi) is 3.96. The molecule has 0 radical (unpaired) electrons. The minimum Gasteiger partial charge on any atom is -0.343 e. The van der Waals surface area contributed by atoms with Gasteiger partial charge in [0.05, 0.1) is 0 Å². The van der Waals surface area contributed by atoms with E-state index in [-0.39, 0.29) is 0 Å². The Labute approximate surface area is 111 Å². The van der Waals surface area contributed by atoms with Gasteiger partial charge in [0.2, 0.25) is 0 Å². The van der Waals surface area contributed by atoms with Crippen LogP contribution in [-0.2, 0) is 12.1 Å². The first-order valence-corrected chi connectivity index (χ1v) is 5.03. The van der Waals surface area contributed by atoms with Crippen molar-refractivity contribution in [2.24, 2.45) is 0 Å². The van der Waals surface area contributed by atoms with E-state index in [2.05, 4.69) is 5.10 Å². The van der Waals surface area contributed by atoms with E-state index in [0.29, 0.717) is 4.90 Å². The van der Waals surface area contributed by atoms with Gasteiger partial charge in [-0.15, -0.1) is 0 Å². The average molecular weight is 325 g/mol. The quantitative estimate of drug-likeness (QED) is 0.850. The average Bonchev–Trinajstić information content (AvgIpc) is 2.70. The van der Waals surface area contributed by atoms with Gasteiger partial charge in [0, 0.05) is 14.1 Å². The van der Waals surface area contributed by atoms with Crippen LogP contribution < -0.4 is 0 Å². The van der Waals surface area contributed by atoms with Gasteiger partial charge in [0.25, 0.3) is 5.91 Å². The highest BCUT2D eigenvalue weighted by Gasteiger charge is 2.63. The molecule has 0 atom stereocenters. The van der Waals surface area contributed by atoms with Gasteiger partial charge >= 0.3 is 18.3 Å². The third-order valence-corrected chi connectivity index (χ3v) is 2.33. The Morgan fingerprint density at radius 3 is 1.86 bits per heavy atom. The zero-order valence-corrected chi connectivity index (χ0v) is 10.3. The van der Waals surface area contributed by atoms with Crippen LogP contribution in [0.25, 0.3) is 0 Å². The monoisotopic (exact) mass is 325 g/mol. The summed E-state index contributed by atoms with van der Waals surface area (Å²) in [5.41, 5.74) is -6.53. The van der Waals surface area contributed by atoms with Crippen LogP contribution in [0, 0.1) is 0 Å². The standard InChI is InChI=1S/C9H7F8N3O/c1-20(2)6(21)4-3(8(12,13)14)5(19-18-4)7(10,11)9(15,16)17/h1-2H3,(H,18,19). The third-order valence-electron chi connectivity index (χ3n) is 2.33. The van der Waals surface area contributed by atoms with Crippen molar-refractivity contribution in [1.29, 1.82) is 0 Å². The van der Waals surface area contributed by atoms with E-state index in [1.807, 2.05) is 0 Å². The largest absolute Gasteiger partial charge is 0.459 e. The summed E-state index contributed by atoms with van der Waals surface area (Å²) < 4.78 is 101. The Morgan fingerprint density at radius 2 is 1.52 bits per heavy atom. The summed E-state index contributed by atoms with van der Waals surface area (Å²) in [5.74, 6) is -7.31. The van der Waals surface area contributed by atoms with E-state index >= 15 is 0 Å². The maximum absolute atomic E-state index is 13.1. The van der Waals surface area contributed by atoms with E-state index in [0.717, 1.165) is 19.2 Å². The molecule has 12 heteroatoms. The van der Waals surface area contributed by atoms with Crippen molar-refractivity contribution in [3.05, 3.63) is 17.0 Å². The van der Waals surface area contributed by atoms with Crippen molar-refractivity contribution < 1.29 is 39.9 Å². The van der Waals surface area contributed by atoms with Crippen LogP contribution in [0.2, 0.25) is 0 Å². The minimum atomic E-state index is -6.28. The van der Waals surface area contributed by atoms with E-state index in [4.69, 9.17) is 0 Å². The zero-order chi connectivity index (χ0) is 16.8. The minimum absolute atomic E-state index is 0.556. The van der Waals surface area contributed by atoms with Crippen LogP contribution >= 0.6 is 0 Å². The second-order valence-corrected chi connectivity index (χ2v) is 4.09. The molecule has 120 valence electrons. The molecule has 0 aromatic carbocycles. The Hall–Kier alpha value is -1.88. The molecule has 1 N–H and O–H groups in total. The molecule has 1 amide bonds. The molecule has 0 aliphatic carbocycles. The first kappa shape index (κ1) is 17.2. The molecule has 0 aliphatic heterocycles. The Morgan fingerprint density at radius 1 is 1.05 bits per heavy atom. The highest BCUT2D eigenvalue weighted by Crippen LogP contribution is 2.48. The lowest BCUT2D eigenvalue weighted by Crippen LogP contribution is -2.36. The molecule has 0 spiro atoms. The van der Waals surface area contributed by atoms with Crippen LogP contribution in [-0.4, -0.2) is 41.3 Å². The van der Waals surface area contributed by atoms with Crippen LogP contribution in [0.5, 0.6) is 0 Å². The maximum Gasteiger partial charge on any atom is 0.459 e. The van der Waals surface area contributed by atoms with Gasteiger partial charge in [-0.1, -0.05) is 0 Å². The first-order valence-electron chi connectivity index (χ1n) is 5.03. The van der Waals surface area contributed by atoms with Gasteiger partial charge in [-0.2, -0.15) is 40.2 Å². The lowest BCUT2D eigenvalue weighted by atomic mass is 10.1. The van der Waals surface area contributed by atoms with Crippen LogP contribution in [0.3, 0.4) is 0 Å². The summed E-state index contributed by atoms with van der Waals surface area (Å²) in [7, 11) is 1.97. The number of rotatable bonds is 2. The zero-order valence-electron chi connectivity index (χ0n) is 10.3. The predicted octanol–water partition coefficient (Wildman–Crippen LogP) is 2.78. The molecule has 4 nitrogen and oxygen atoms in total. The van der Waals surface area contributed by atoms with Gasteiger partial charge in [-0.25, -0.2) is 0 Å². The molecular weight excluding hydrogens is 318 g/mol.